The monoisotopic (exact) mass is 349 g/mol. The number of rotatable bonds is 5. The van der Waals surface area contributed by atoms with E-state index in [2.05, 4.69) is 5.32 Å². The van der Waals surface area contributed by atoms with E-state index in [-0.39, 0.29) is 18.4 Å². The van der Waals surface area contributed by atoms with Gasteiger partial charge in [0.15, 0.2) is 6.61 Å². The average molecular weight is 349 g/mol. The van der Waals surface area contributed by atoms with Crippen LogP contribution in [0.5, 0.6) is 5.75 Å². The van der Waals surface area contributed by atoms with Crippen molar-refractivity contribution >= 4 is 17.5 Å². The van der Waals surface area contributed by atoms with E-state index >= 15 is 0 Å². The number of carbonyl (C=O) groups is 2. The third kappa shape index (κ3) is 4.39. The Bertz CT molecular complexity index is 851. The molecule has 1 aliphatic rings. The summed E-state index contributed by atoms with van der Waals surface area (Å²) >= 11 is 0. The molecule has 132 valence electrons. The van der Waals surface area contributed by atoms with Crippen LogP contribution in [0.1, 0.15) is 28.8 Å². The van der Waals surface area contributed by atoms with Crippen LogP contribution in [-0.4, -0.2) is 36.4 Å². The first-order valence-electron chi connectivity index (χ1n) is 8.48. The summed E-state index contributed by atoms with van der Waals surface area (Å²) in [5.41, 5.74) is 1.39. The molecule has 1 N–H and O–H groups in total. The lowest BCUT2D eigenvalue weighted by molar-refractivity contribution is -0.132. The van der Waals surface area contributed by atoms with Gasteiger partial charge in [0.05, 0.1) is 11.6 Å². The minimum atomic E-state index is -0.313. The van der Waals surface area contributed by atoms with E-state index in [1.165, 1.54) is 6.07 Å². The predicted octanol–water partition coefficient (Wildman–Crippen LogP) is 2.81. The van der Waals surface area contributed by atoms with Gasteiger partial charge in [0.2, 0.25) is 0 Å². The second-order valence-corrected chi connectivity index (χ2v) is 6.05. The average Bonchev–Trinajstić information content (AvgIpc) is 3.21. The van der Waals surface area contributed by atoms with Gasteiger partial charge in [0, 0.05) is 30.4 Å². The highest BCUT2D eigenvalue weighted by Gasteiger charge is 2.18. The number of ether oxygens (including phenoxy) is 1. The molecule has 0 aromatic heterocycles. The van der Waals surface area contributed by atoms with Gasteiger partial charge in [0.1, 0.15) is 5.75 Å². The normalized spacial score (nSPS) is 13.1. The summed E-state index contributed by atoms with van der Waals surface area (Å²) in [5, 5.41) is 11.7. The van der Waals surface area contributed by atoms with Crippen LogP contribution in [0, 0.1) is 11.3 Å². The third-order valence-electron chi connectivity index (χ3n) is 4.17. The van der Waals surface area contributed by atoms with Crippen LogP contribution in [-0.2, 0) is 4.79 Å². The molecule has 0 unspecified atom stereocenters. The van der Waals surface area contributed by atoms with Crippen molar-refractivity contribution in [1.29, 1.82) is 5.26 Å². The summed E-state index contributed by atoms with van der Waals surface area (Å²) < 4.78 is 5.56. The highest BCUT2D eigenvalue weighted by molar-refractivity contribution is 6.04. The van der Waals surface area contributed by atoms with Crippen molar-refractivity contribution in [2.75, 3.05) is 25.0 Å². The van der Waals surface area contributed by atoms with E-state index in [1.807, 2.05) is 6.07 Å². The van der Waals surface area contributed by atoms with Gasteiger partial charge in [-0.15, -0.1) is 0 Å². The van der Waals surface area contributed by atoms with Crippen LogP contribution >= 0.6 is 0 Å². The summed E-state index contributed by atoms with van der Waals surface area (Å²) in [6.07, 6.45) is 2.08. The quantitative estimate of drug-likeness (QED) is 0.900. The second kappa shape index (κ2) is 8.17. The number of nitrogens with one attached hydrogen (secondary N) is 1. The molecule has 1 fully saturated rings. The summed E-state index contributed by atoms with van der Waals surface area (Å²) in [4.78, 5) is 26.1. The Balaban J connectivity index is 1.60. The smallest absolute Gasteiger partial charge is 0.260 e. The molecule has 2 aromatic carbocycles. The van der Waals surface area contributed by atoms with E-state index in [4.69, 9.17) is 10.00 Å². The SMILES string of the molecule is N#Cc1cccc(C(=O)Nc2cccc(OCC(=O)N3CCCC3)c2)c1. The van der Waals surface area contributed by atoms with E-state index in [1.54, 1.807) is 47.4 Å². The van der Waals surface area contributed by atoms with Crippen molar-refractivity contribution in [3.8, 4) is 11.8 Å². The molecule has 0 radical (unpaired) electrons. The maximum atomic E-state index is 12.3. The van der Waals surface area contributed by atoms with Crippen molar-refractivity contribution in [2.45, 2.75) is 12.8 Å². The summed E-state index contributed by atoms with van der Waals surface area (Å²) in [6, 6.07) is 15.4. The highest BCUT2D eigenvalue weighted by Crippen LogP contribution is 2.19. The Morgan fingerprint density at radius 2 is 1.88 bits per heavy atom. The molecule has 2 aromatic rings. The summed E-state index contributed by atoms with van der Waals surface area (Å²) in [7, 11) is 0. The molecule has 1 heterocycles. The molecule has 26 heavy (non-hydrogen) atoms. The topological polar surface area (TPSA) is 82.4 Å². The van der Waals surface area contributed by atoms with Gasteiger partial charge in [-0.05, 0) is 43.2 Å². The first-order valence-corrected chi connectivity index (χ1v) is 8.48. The Labute approximate surface area is 152 Å². The Morgan fingerprint density at radius 3 is 2.65 bits per heavy atom. The standard InChI is InChI=1S/C20H19N3O3/c21-13-15-5-3-6-16(11-15)20(25)22-17-7-4-8-18(12-17)26-14-19(24)23-9-1-2-10-23/h3-8,11-12H,1-2,9-10,14H2,(H,22,25). The van der Waals surface area contributed by atoms with Crippen LogP contribution in [0.4, 0.5) is 5.69 Å². The molecule has 0 spiro atoms. The van der Waals surface area contributed by atoms with E-state index in [9.17, 15) is 9.59 Å². The Kier molecular flexibility index (Phi) is 5.49. The number of amides is 2. The maximum Gasteiger partial charge on any atom is 0.260 e. The molecule has 0 atom stereocenters. The largest absolute Gasteiger partial charge is 0.484 e. The number of nitriles is 1. The molecule has 3 rings (SSSR count). The van der Waals surface area contributed by atoms with E-state index in [0.29, 0.717) is 22.6 Å². The minimum Gasteiger partial charge on any atom is -0.484 e. The van der Waals surface area contributed by atoms with Gasteiger partial charge >= 0.3 is 0 Å². The number of carbonyl (C=O) groups excluding carboxylic acids is 2. The molecule has 0 aliphatic carbocycles. The van der Waals surface area contributed by atoms with Crippen LogP contribution in [0.2, 0.25) is 0 Å². The van der Waals surface area contributed by atoms with Gasteiger partial charge in [-0.2, -0.15) is 5.26 Å². The van der Waals surface area contributed by atoms with Gasteiger partial charge in [-0.25, -0.2) is 0 Å². The number of benzene rings is 2. The van der Waals surface area contributed by atoms with Crippen molar-refractivity contribution in [3.63, 3.8) is 0 Å². The summed E-state index contributed by atoms with van der Waals surface area (Å²) in [5.74, 6) is 0.179. The van der Waals surface area contributed by atoms with Crippen LogP contribution < -0.4 is 10.1 Å². The summed E-state index contributed by atoms with van der Waals surface area (Å²) in [6.45, 7) is 1.57. The minimum absolute atomic E-state index is 0.0123. The molecule has 1 aliphatic heterocycles. The van der Waals surface area contributed by atoms with Crippen LogP contribution in [0.15, 0.2) is 48.5 Å². The Morgan fingerprint density at radius 1 is 1.12 bits per heavy atom. The fourth-order valence-electron chi connectivity index (χ4n) is 2.80. The maximum absolute atomic E-state index is 12.3. The first-order chi connectivity index (χ1) is 12.7. The molecular formula is C20H19N3O3. The van der Waals surface area contributed by atoms with Gasteiger partial charge in [-0.3, -0.25) is 9.59 Å². The fourth-order valence-corrected chi connectivity index (χ4v) is 2.80. The second-order valence-electron chi connectivity index (χ2n) is 6.05. The lowest BCUT2D eigenvalue weighted by Crippen LogP contribution is -2.32. The van der Waals surface area contributed by atoms with Crippen molar-refractivity contribution in [2.24, 2.45) is 0 Å². The number of likely N-dealkylation sites (tertiary alicyclic amines) is 1. The third-order valence-corrected chi connectivity index (χ3v) is 4.17. The van der Waals surface area contributed by atoms with Crippen molar-refractivity contribution in [3.05, 3.63) is 59.7 Å². The highest BCUT2D eigenvalue weighted by atomic mass is 16.5. The molecule has 6 nitrogen and oxygen atoms in total. The zero-order valence-electron chi connectivity index (χ0n) is 14.3. The van der Waals surface area contributed by atoms with E-state index < -0.39 is 0 Å². The molecule has 1 saturated heterocycles. The van der Waals surface area contributed by atoms with Crippen LogP contribution in [0.3, 0.4) is 0 Å². The van der Waals surface area contributed by atoms with E-state index in [0.717, 1.165) is 25.9 Å². The first kappa shape index (κ1) is 17.5. The van der Waals surface area contributed by atoms with Crippen molar-refractivity contribution < 1.29 is 14.3 Å². The lowest BCUT2D eigenvalue weighted by atomic mass is 10.1. The number of hydrogen-bond acceptors (Lipinski definition) is 4. The van der Waals surface area contributed by atoms with Crippen LogP contribution in [0.25, 0.3) is 0 Å². The molecule has 2 amide bonds. The zero-order chi connectivity index (χ0) is 18.4. The van der Waals surface area contributed by atoms with Gasteiger partial charge in [0.25, 0.3) is 11.8 Å². The van der Waals surface area contributed by atoms with Gasteiger partial charge in [-0.1, -0.05) is 12.1 Å². The lowest BCUT2D eigenvalue weighted by Gasteiger charge is -2.15. The molecule has 6 heteroatoms. The molecule has 0 bridgehead atoms. The number of hydrogen-bond donors (Lipinski definition) is 1. The Hall–Kier alpha value is -3.33. The van der Waals surface area contributed by atoms with Crippen molar-refractivity contribution in [1.82, 2.24) is 4.90 Å². The fraction of sp³-hybridized carbons (Fsp3) is 0.250. The predicted molar refractivity (Wildman–Crippen MR) is 96.9 cm³/mol. The van der Waals surface area contributed by atoms with Gasteiger partial charge < -0.3 is 15.0 Å². The number of anilines is 1. The zero-order valence-corrected chi connectivity index (χ0v) is 14.3. The molecular weight excluding hydrogens is 330 g/mol. The molecule has 0 saturated carbocycles. The number of nitrogens with zero attached hydrogens (tertiary/aromatic N) is 2.